The number of carbonyl (C=O) groups excluding carboxylic acids is 1. The summed E-state index contributed by atoms with van der Waals surface area (Å²) in [6, 6.07) is 0.308. The lowest BCUT2D eigenvalue weighted by Gasteiger charge is -2.32. The van der Waals surface area contributed by atoms with Gasteiger partial charge in [0.15, 0.2) is 0 Å². The second-order valence-corrected chi connectivity index (χ2v) is 7.65. The smallest absolute Gasteiger partial charge is 0.150 e. The lowest BCUT2D eigenvalue weighted by Crippen LogP contribution is -2.49. The Balaban J connectivity index is 4.55. The summed E-state index contributed by atoms with van der Waals surface area (Å²) >= 11 is 0. The minimum atomic E-state index is -0.0372. The van der Waals surface area contributed by atoms with Crippen molar-refractivity contribution in [2.75, 3.05) is 0 Å². The second kappa shape index (κ2) is 5.99. The maximum absolute atomic E-state index is 12.3. The van der Waals surface area contributed by atoms with Crippen LogP contribution in [0, 0.1) is 10.8 Å². The van der Waals surface area contributed by atoms with Gasteiger partial charge in [0.1, 0.15) is 5.78 Å². The first-order valence-corrected chi connectivity index (χ1v) is 6.72. The zero-order chi connectivity index (χ0) is 13.9. The Morgan fingerprint density at radius 3 is 1.82 bits per heavy atom. The van der Waals surface area contributed by atoms with Gasteiger partial charge >= 0.3 is 0 Å². The van der Waals surface area contributed by atoms with E-state index in [1.807, 2.05) is 0 Å². The molecule has 0 saturated carbocycles. The van der Waals surface area contributed by atoms with Gasteiger partial charge in [0.2, 0.25) is 0 Å². The van der Waals surface area contributed by atoms with Crippen molar-refractivity contribution in [2.24, 2.45) is 10.8 Å². The Morgan fingerprint density at radius 1 is 1.06 bits per heavy atom. The van der Waals surface area contributed by atoms with Crippen molar-refractivity contribution < 1.29 is 4.79 Å². The van der Waals surface area contributed by atoms with Gasteiger partial charge in [-0.2, -0.15) is 0 Å². The molecule has 0 aromatic heterocycles. The Labute approximate surface area is 108 Å². The zero-order valence-electron chi connectivity index (χ0n) is 13.0. The minimum Gasteiger partial charge on any atom is -0.305 e. The van der Waals surface area contributed by atoms with Crippen LogP contribution in [-0.4, -0.2) is 17.9 Å². The van der Waals surface area contributed by atoms with Gasteiger partial charge in [0.05, 0.1) is 6.04 Å². The first-order chi connectivity index (χ1) is 7.43. The molecule has 102 valence electrons. The molecule has 1 N–H and O–H groups in total. The van der Waals surface area contributed by atoms with Crippen molar-refractivity contribution in [3.63, 3.8) is 0 Å². The van der Waals surface area contributed by atoms with Crippen LogP contribution in [0.15, 0.2) is 0 Å². The fourth-order valence-electron chi connectivity index (χ4n) is 1.80. The molecule has 1 atom stereocenters. The Bertz CT molecular complexity index is 243. The molecule has 0 aliphatic heterocycles. The third-order valence-corrected chi connectivity index (χ3v) is 2.81. The largest absolute Gasteiger partial charge is 0.305 e. The van der Waals surface area contributed by atoms with Gasteiger partial charge < -0.3 is 5.32 Å². The highest BCUT2D eigenvalue weighted by Gasteiger charge is 2.31. The second-order valence-electron chi connectivity index (χ2n) is 7.65. The molecule has 2 heteroatoms. The molecule has 0 aromatic carbocycles. The summed E-state index contributed by atoms with van der Waals surface area (Å²) in [7, 11) is 0. The topological polar surface area (TPSA) is 29.1 Å². The molecular weight excluding hydrogens is 210 g/mol. The van der Waals surface area contributed by atoms with E-state index in [0.717, 1.165) is 6.42 Å². The average molecular weight is 241 g/mol. The number of Topliss-reactive ketones (excluding diaryl/α,β-unsaturated/α-hetero) is 1. The van der Waals surface area contributed by atoms with E-state index >= 15 is 0 Å². The van der Waals surface area contributed by atoms with E-state index in [1.54, 1.807) is 0 Å². The quantitative estimate of drug-likeness (QED) is 0.793. The minimum absolute atomic E-state index is 0.0146. The number of rotatable bonds is 5. The van der Waals surface area contributed by atoms with E-state index < -0.39 is 0 Å². The SMILES string of the molecule is CC(C)NC(C(=O)CCC(C)(C)C)C(C)(C)C. The van der Waals surface area contributed by atoms with E-state index in [9.17, 15) is 4.79 Å². The summed E-state index contributed by atoms with van der Waals surface area (Å²) in [6.07, 6.45) is 1.63. The van der Waals surface area contributed by atoms with Crippen molar-refractivity contribution >= 4 is 5.78 Å². The fraction of sp³-hybridized carbons (Fsp3) is 0.933. The molecule has 0 aliphatic rings. The van der Waals surface area contributed by atoms with Crippen LogP contribution in [0.1, 0.15) is 68.2 Å². The molecule has 0 heterocycles. The van der Waals surface area contributed by atoms with Gasteiger partial charge in [0, 0.05) is 12.5 Å². The third-order valence-electron chi connectivity index (χ3n) is 2.81. The molecule has 0 fully saturated rings. The van der Waals surface area contributed by atoms with Gasteiger partial charge in [-0.15, -0.1) is 0 Å². The van der Waals surface area contributed by atoms with Gasteiger partial charge in [-0.25, -0.2) is 0 Å². The molecule has 17 heavy (non-hydrogen) atoms. The predicted molar refractivity (Wildman–Crippen MR) is 75.2 cm³/mol. The standard InChI is InChI=1S/C15H31NO/c1-11(2)16-13(15(6,7)8)12(17)9-10-14(3,4)5/h11,13,16H,9-10H2,1-8H3. The summed E-state index contributed by atoms with van der Waals surface area (Å²) in [5.41, 5.74) is 0.217. The number of nitrogens with one attached hydrogen (secondary N) is 1. The molecule has 0 aliphatic carbocycles. The lowest BCUT2D eigenvalue weighted by atomic mass is 9.80. The number of hydrogen-bond donors (Lipinski definition) is 1. The lowest BCUT2D eigenvalue weighted by molar-refractivity contribution is -0.124. The highest BCUT2D eigenvalue weighted by molar-refractivity contribution is 5.84. The molecule has 0 aromatic rings. The van der Waals surface area contributed by atoms with E-state index in [4.69, 9.17) is 0 Å². The molecule has 0 radical (unpaired) electrons. The Kier molecular flexibility index (Phi) is 5.86. The van der Waals surface area contributed by atoms with Crippen LogP contribution in [-0.2, 0) is 4.79 Å². The normalized spacial score (nSPS) is 15.1. The molecule has 0 bridgehead atoms. The molecule has 1 unspecified atom stereocenters. The number of ketones is 1. The molecular formula is C15H31NO. The third kappa shape index (κ3) is 7.54. The molecule has 0 rings (SSSR count). The van der Waals surface area contributed by atoms with E-state index in [2.05, 4.69) is 60.7 Å². The summed E-state index contributed by atoms with van der Waals surface area (Å²) < 4.78 is 0. The molecule has 0 spiro atoms. The Morgan fingerprint density at radius 2 is 1.53 bits per heavy atom. The summed E-state index contributed by atoms with van der Waals surface area (Å²) in [5, 5.41) is 3.41. The number of hydrogen-bond acceptors (Lipinski definition) is 2. The molecule has 0 amide bonds. The van der Waals surface area contributed by atoms with Gasteiger partial charge in [-0.1, -0.05) is 55.4 Å². The van der Waals surface area contributed by atoms with Crippen molar-refractivity contribution in [3.05, 3.63) is 0 Å². The van der Waals surface area contributed by atoms with Gasteiger partial charge in [0.25, 0.3) is 0 Å². The summed E-state index contributed by atoms with van der Waals surface area (Å²) in [4.78, 5) is 12.3. The van der Waals surface area contributed by atoms with Gasteiger partial charge in [-0.05, 0) is 17.3 Å². The summed E-state index contributed by atoms with van der Waals surface area (Å²) in [6.45, 7) is 17.1. The van der Waals surface area contributed by atoms with Crippen molar-refractivity contribution in [1.29, 1.82) is 0 Å². The molecule has 0 saturated heterocycles. The van der Waals surface area contributed by atoms with Crippen LogP contribution in [0.4, 0.5) is 0 Å². The maximum Gasteiger partial charge on any atom is 0.150 e. The molecule has 2 nitrogen and oxygen atoms in total. The van der Waals surface area contributed by atoms with Crippen molar-refractivity contribution in [3.8, 4) is 0 Å². The zero-order valence-corrected chi connectivity index (χ0v) is 13.0. The van der Waals surface area contributed by atoms with E-state index in [0.29, 0.717) is 18.2 Å². The first-order valence-electron chi connectivity index (χ1n) is 6.72. The first kappa shape index (κ1) is 16.6. The highest BCUT2D eigenvalue weighted by atomic mass is 16.1. The van der Waals surface area contributed by atoms with Crippen LogP contribution in [0.2, 0.25) is 0 Å². The van der Waals surface area contributed by atoms with Gasteiger partial charge in [-0.3, -0.25) is 4.79 Å². The maximum atomic E-state index is 12.3. The van der Waals surface area contributed by atoms with Crippen LogP contribution < -0.4 is 5.32 Å². The summed E-state index contributed by atoms with van der Waals surface area (Å²) in [5.74, 6) is 0.348. The van der Waals surface area contributed by atoms with Crippen molar-refractivity contribution in [2.45, 2.75) is 80.3 Å². The predicted octanol–water partition coefficient (Wildman–Crippen LogP) is 3.79. The van der Waals surface area contributed by atoms with Crippen LogP contribution in [0.3, 0.4) is 0 Å². The van der Waals surface area contributed by atoms with E-state index in [-0.39, 0.29) is 16.9 Å². The average Bonchev–Trinajstić information content (AvgIpc) is 2.07. The Hall–Kier alpha value is -0.370. The monoisotopic (exact) mass is 241 g/mol. The van der Waals surface area contributed by atoms with Crippen molar-refractivity contribution in [1.82, 2.24) is 5.32 Å². The van der Waals surface area contributed by atoms with E-state index in [1.165, 1.54) is 0 Å². The van der Waals surface area contributed by atoms with Crippen LogP contribution in [0.25, 0.3) is 0 Å². The fourth-order valence-corrected chi connectivity index (χ4v) is 1.80. The van der Waals surface area contributed by atoms with Crippen LogP contribution >= 0.6 is 0 Å². The highest BCUT2D eigenvalue weighted by Crippen LogP contribution is 2.25. The van der Waals surface area contributed by atoms with Crippen LogP contribution in [0.5, 0.6) is 0 Å². The number of carbonyl (C=O) groups is 1.